The fourth-order valence-corrected chi connectivity index (χ4v) is 3.47. The number of aliphatic carboxylic acids is 1. The van der Waals surface area contributed by atoms with Crippen LogP contribution < -0.4 is 11.4 Å². The van der Waals surface area contributed by atoms with Gasteiger partial charge in [-0.05, 0) is 18.6 Å². The van der Waals surface area contributed by atoms with Gasteiger partial charge < -0.3 is 30.7 Å². The second-order valence-electron chi connectivity index (χ2n) is 6.61. The number of benzene rings is 1. The zero-order valence-electron chi connectivity index (χ0n) is 16.9. The van der Waals surface area contributed by atoms with E-state index in [0.29, 0.717) is 0 Å². The van der Waals surface area contributed by atoms with Gasteiger partial charge in [-0.1, -0.05) is 30.3 Å². The lowest BCUT2D eigenvalue weighted by atomic mass is 10.1. The molecule has 0 bridgehead atoms. The number of carbonyl (C=O) groups is 1. The van der Waals surface area contributed by atoms with E-state index in [9.17, 15) is 34.4 Å². The van der Waals surface area contributed by atoms with Crippen molar-refractivity contribution in [3.63, 3.8) is 0 Å². The lowest BCUT2D eigenvalue weighted by molar-refractivity contribution is -0.148. The third-order valence-corrected chi connectivity index (χ3v) is 5.02. The highest BCUT2D eigenvalue weighted by Crippen LogP contribution is 2.48. The molecule has 0 aliphatic heterocycles. The molecule has 5 atom stereocenters. The van der Waals surface area contributed by atoms with E-state index in [1.54, 1.807) is 6.07 Å². The van der Waals surface area contributed by atoms with Crippen LogP contribution in [0.2, 0.25) is 0 Å². The molecule has 13 nitrogen and oxygen atoms in total. The van der Waals surface area contributed by atoms with Crippen LogP contribution in [-0.4, -0.2) is 61.2 Å². The first-order chi connectivity index (χ1) is 15.0. The summed E-state index contributed by atoms with van der Waals surface area (Å²) in [4.78, 5) is 36.9. The van der Waals surface area contributed by atoms with Gasteiger partial charge in [0.25, 0.3) is 0 Å². The zero-order valence-corrected chi connectivity index (χ0v) is 17.8. The Hall–Kier alpha value is -2.64. The van der Waals surface area contributed by atoms with Crippen molar-refractivity contribution in [3.8, 4) is 0 Å². The minimum Gasteiger partial charge on any atom is -0.479 e. The number of aromatic nitrogens is 2. The van der Waals surface area contributed by atoms with Gasteiger partial charge in [-0.15, -0.1) is 0 Å². The van der Waals surface area contributed by atoms with E-state index in [2.05, 4.69) is 4.98 Å². The molecule has 0 amide bonds. The van der Waals surface area contributed by atoms with Gasteiger partial charge in [-0.25, -0.2) is 14.2 Å². The molecule has 2 rings (SSSR count). The summed E-state index contributed by atoms with van der Waals surface area (Å²) in [5.74, 6) is -1.57. The highest BCUT2D eigenvalue weighted by molar-refractivity contribution is 7.47. The van der Waals surface area contributed by atoms with Crippen molar-refractivity contribution >= 4 is 19.6 Å². The average molecular weight is 473 g/mol. The van der Waals surface area contributed by atoms with E-state index in [1.807, 2.05) is 0 Å². The summed E-state index contributed by atoms with van der Waals surface area (Å²) in [6.45, 7) is -0.159. The summed E-state index contributed by atoms with van der Waals surface area (Å²) in [7, 11) is -4.92. The number of aliphatic hydroxyl groups is 2. The number of nitrogen functional groups attached to an aromatic ring is 1. The van der Waals surface area contributed by atoms with Gasteiger partial charge in [-0.2, -0.15) is 4.98 Å². The Morgan fingerprint density at radius 2 is 1.94 bits per heavy atom. The van der Waals surface area contributed by atoms with Crippen molar-refractivity contribution in [2.24, 2.45) is 0 Å². The molecule has 176 valence electrons. The maximum atomic E-state index is 12.3. The fraction of sp³-hybridized carbons (Fsp3) is 0.389. The van der Waals surface area contributed by atoms with Crippen LogP contribution in [0.25, 0.3) is 0 Å². The maximum Gasteiger partial charge on any atom is 0.473 e. The van der Waals surface area contributed by atoms with Gasteiger partial charge in [0.2, 0.25) is 0 Å². The topological polar surface area (TPSA) is 204 Å². The Kier molecular flexibility index (Phi) is 9.04. The third-order valence-electron chi connectivity index (χ3n) is 4.06. The molecule has 0 saturated heterocycles. The summed E-state index contributed by atoms with van der Waals surface area (Å²) >= 11 is 0. The number of rotatable bonds is 12. The van der Waals surface area contributed by atoms with E-state index in [-0.39, 0.29) is 11.4 Å². The number of phosphoric ester groups is 1. The van der Waals surface area contributed by atoms with E-state index in [0.717, 1.165) is 4.57 Å². The molecule has 1 aromatic heterocycles. The molecule has 6 N–H and O–H groups in total. The first-order valence-corrected chi connectivity index (χ1v) is 10.8. The van der Waals surface area contributed by atoms with Crippen molar-refractivity contribution in [1.82, 2.24) is 9.55 Å². The molecule has 0 saturated carbocycles. The van der Waals surface area contributed by atoms with Crippen LogP contribution in [0.1, 0.15) is 24.8 Å². The van der Waals surface area contributed by atoms with Crippen LogP contribution in [0, 0.1) is 0 Å². The molecular weight excluding hydrogens is 449 g/mol. The lowest BCUT2D eigenvalue weighted by Gasteiger charge is -2.27. The molecule has 0 spiro atoms. The number of ether oxygens (including phenoxy) is 1. The number of aliphatic hydroxyl groups excluding tert-OH is 2. The molecule has 2 aromatic rings. The number of nitrogens with zero attached hydrogens (tertiary/aromatic N) is 2. The predicted octanol–water partition coefficient (Wildman–Crippen LogP) is 0.0419. The molecule has 32 heavy (non-hydrogen) atoms. The third kappa shape index (κ3) is 7.21. The summed E-state index contributed by atoms with van der Waals surface area (Å²) in [5.41, 5.74) is 4.70. The Bertz CT molecular complexity index is 1000. The second kappa shape index (κ2) is 11.3. The Morgan fingerprint density at radius 3 is 2.47 bits per heavy atom. The quantitative estimate of drug-likeness (QED) is 0.259. The van der Waals surface area contributed by atoms with Gasteiger partial charge in [0.1, 0.15) is 11.9 Å². The van der Waals surface area contributed by atoms with Gasteiger partial charge in [0.15, 0.2) is 12.3 Å². The number of hydrogen-bond acceptors (Lipinski definition) is 10. The number of anilines is 1. The van der Waals surface area contributed by atoms with Crippen molar-refractivity contribution in [2.75, 3.05) is 18.9 Å². The van der Waals surface area contributed by atoms with E-state index < -0.39 is 57.2 Å². The minimum absolute atomic E-state index is 0.0533. The SMILES string of the molecule is C[C@H](O)[C@@H](O[C@@H](CO)COP(=O)(O)O[C@@H](C(=O)O)c1ccccc1)n1ccc(N)nc1=O. The molecule has 0 aliphatic rings. The first kappa shape index (κ1) is 25.6. The van der Waals surface area contributed by atoms with Crippen LogP contribution >= 0.6 is 7.82 Å². The van der Waals surface area contributed by atoms with Crippen LogP contribution in [-0.2, 0) is 23.1 Å². The molecule has 14 heteroatoms. The lowest BCUT2D eigenvalue weighted by Crippen LogP contribution is -2.38. The Morgan fingerprint density at radius 1 is 1.28 bits per heavy atom. The summed E-state index contributed by atoms with van der Waals surface area (Å²) in [6, 6.07) is 8.75. The van der Waals surface area contributed by atoms with Gasteiger partial charge >= 0.3 is 19.5 Å². The number of carboxylic acid groups (broad SMARTS) is 1. The molecule has 0 fully saturated rings. The van der Waals surface area contributed by atoms with Gasteiger partial charge in [0.05, 0.1) is 19.3 Å². The smallest absolute Gasteiger partial charge is 0.473 e. The average Bonchev–Trinajstić information content (AvgIpc) is 2.73. The van der Waals surface area contributed by atoms with Crippen LogP contribution in [0.4, 0.5) is 5.82 Å². The monoisotopic (exact) mass is 473 g/mol. The number of hydrogen-bond donors (Lipinski definition) is 5. The Labute approximate surface area is 182 Å². The number of phosphoric acid groups is 1. The normalized spacial score (nSPS) is 17.1. The summed E-state index contributed by atoms with van der Waals surface area (Å²) in [6.07, 6.45) is -4.48. The Balaban J connectivity index is 2.09. The van der Waals surface area contributed by atoms with E-state index >= 15 is 0 Å². The molecular formula is C18H24N3O10P. The fourth-order valence-electron chi connectivity index (χ4n) is 2.58. The zero-order chi connectivity index (χ0) is 23.9. The van der Waals surface area contributed by atoms with Gasteiger partial charge in [0, 0.05) is 6.20 Å². The number of nitrogens with two attached hydrogens (primary N) is 1. The first-order valence-electron chi connectivity index (χ1n) is 9.26. The van der Waals surface area contributed by atoms with Crippen molar-refractivity contribution in [3.05, 3.63) is 58.6 Å². The minimum atomic E-state index is -4.92. The highest BCUT2D eigenvalue weighted by Gasteiger charge is 2.34. The van der Waals surface area contributed by atoms with E-state index in [4.69, 9.17) is 19.5 Å². The summed E-state index contributed by atoms with van der Waals surface area (Å²) < 4.78 is 28.2. The van der Waals surface area contributed by atoms with E-state index in [1.165, 1.54) is 43.5 Å². The predicted molar refractivity (Wildman–Crippen MR) is 109 cm³/mol. The molecule has 1 aromatic carbocycles. The van der Waals surface area contributed by atoms with Crippen molar-refractivity contribution in [2.45, 2.75) is 31.5 Å². The largest absolute Gasteiger partial charge is 0.479 e. The van der Waals surface area contributed by atoms with Crippen LogP contribution in [0.5, 0.6) is 0 Å². The molecule has 0 radical (unpaired) electrons. The van der Waals surface area contributed by atoms with Crippen LogP contribution in [0.3, 0.4) is 0 Å². The highest BCUT2D eigenvalue weighted by atomic mass is 31.2. The second-order valence-corrected chi connectivity index (χ2v) is 8.02. The maximum absolute atomic E-state index is 12.3. The number of carboxylic acids is 1. The summed E-state index contributed by atoms with van der Waals surface area (Å²) in [5, 5.41) is 28.8. The molecule has 1 unspecified atom stereocenters. The van der Waals surface area contributed by atoms with Crippen LogP contribution in [0.15, 0.2) is 47.4 Å². The standard InChI is InChI=1S/C18H24N3O10P/c1-11(23)16(21-8-7-14(19)20-18(21)26)30-13(9-22)10-29-32(27,28)31-15(17(24)25)12-5-3-2-4-6-12/h2-8,11,13,15-16,22-23H,9-10H2,1H3,(H,24,25)(H,27,28)(H2,19,20,26)/t11-,13-,15+,16+/m0/s1. The van der Waals surface area contributed by atoms with Gasteiger partial charge in [-0.3, -0.25) is 13.6 Å². The van der Waals surface area contributed by atoms with Crippen molar-refractivity contribution in [1.29, 1.82) is 0 Å². The van der Waals surface area contributed by atoms with Crippen molar-refractivity contribution < 1.29 is 43.4 Å². The molecule has 1 heterocycles. The molecule has 0 aliphatic carbocycles.